The minimum absolute atomic E-state index is 0.995. The monoisotopic (exact) mass is 433 g/mol. The highest BCUT2D eigenvalue weighted by molar-refractivity contribution is 5.85. The molecule has 31 heavy (non-hydrogen) atoms. The maximum atomic E-state index is 10.6. The van der Waals surface area contributed by atoms with Gasteiger partial charge in [0.05, 0.1) is 0 Å². The standard InChI is InChI=1S/C21H25N3.C2HF3O2/c1-16-7-9-17(10-8-16)23-12-4-14-24-20-6-3-2-5-18(20)19-11-13-22-15-21(19)24;3-2(4,5)1(6)7/h2-3,5-10,22-23H,4,11-15H2,1H3;(H,6,7). The number of rotatable bonds is 5. The van der Waals surface area contributed by atoms with E-state index in [-0.39, 0.29) is 0 Å². The third kappa shape index (κ3) is 5.79. The molecule has 5 nitrogen and oxygen atoms in total. The van der Waals surface area contributed by atoms with E-state index in [1.54, 1.807) is 5.56 Å². The van der Waals surface area contributed by atoms with Crippen LogP contribution in [-0.4, -0.2) is 34.9 Å². The number of carboxylic acids is 1. The Kier molecular flexibility index (Phi) is 7.22. The van der Waals surface area contributed by atoms with Gasteiger partial charge in [0.2, 0.25) is 0 Å². The Balaban J connectivity index is 0.000000339. The quantitative estimate of drug-likeness (QED) is 0.509. The number of nitrogens with one attached hydrogen (secondary N) is 2. The first-order valence-corrected chi connectivity index (χ1v) is 10.2. The van der Waals surface area contributed by atoms with E-state index in [0.717, 1.165) is 39.0 Å². The molecular weight excluding hydrogens is 407 g/mol. The lowest BCUT2D eigenvalue weighted by Gasteiger charge is -2.17. The predicted molar refractivity (Wildman–Crippen MR) is 115 cm³/mol. The van der Waals surface area contributed by atoms with Crippen molar-refractivity contribution in [2.24, 2.45) is 0 Å². The molecule has 2 aromatic carbocycles. The van der Waals surface area contributed by atoms with Crippen LogP contribution in [0.1, 0.15) is 23.2 Å². The molecule has 2 heterocycles. The number of alkyl halides is 3. The maximum absolute atomic E-state index is 10.6. The van der Waals surface area contributed by atoms with Crippen LogP contribution in [0, 0.1) is 6.92 Å². The number of hydrogen-bond donors (Lipinski definition) is 3. The van der Waals surface area contributed by atoms with Gasteiger partial charge >= 0.3 is 12.1 Å². The number of fused-ring (bicyclic) bond motifs is 3. The van der Waals surface area contributed by atoms with Crippen molar-refractivity contribution in [3.63, 3.8) is 0 Å². The fourth-order valence-electron chi connectivity index (χ4n) is 3.73. The number of nitrogens with zero attached hydrogens (tertiary/aromatic N) is 1. The van der Waals surface area contributed by atoms with Crippen LogP contribution in [0.4, 0.5) is 18.9 Å². The maximum Gasteiger partial charge on any atom is 0.490 e. The fraction of sp³-hybridized carbons (Fsp3) is 0.348. The molecule has 0 unspecified atom stereocenters. The van der Waals surface area contributed by atoms with Gasteiger partial charge in [-0.15, -0.1) is 0 Å². The number of aliphatic carboxylic acids is 1. The average Bonchev–Trinajstić information content (AvgIpc) is 3.06. The molecule has 0 bridgehead atoms. The first-order chi connectivity index (χ1) is 14.8. The lowest BCUT2D eigenvalue weighted by molar-refractivity contribution is -0.192. The molecule has 0 atom stereocenters. The molecule has 3 aromatic rings. The van der Waals surface area contributed by atoms with Gasteiger partial charge in [0.15, 0.2) is 0 Å². The Morgan fingerprint density at radius 3 is 2.52 bits per heavy atom. The zero-order valence-corrected chi connectivity index (χ0v) is 17.3. The third-order valence-corrected chi connectivity index (χ3v) is 5.22. The Hall–Kier alpha value is -3.00. The second-order valence-corrected chi connectivity index (χ2v) is 7.47. The molecule has 3 N–H and O–H groups in total. The Morgan fingerprint density at radius 1 is 1.16 bits per heavy atom. The van der Waals surface area contributed by atoms with Crippen LogP contribution in [0.3, 0.4) is 0 Å². The summed E-state index contributed by atoms with van der Waals surface area (Å²) >= 11 is 0. The van der Waals surface area contributed by atoms with Gasteiger partial charge in [0.1, 0.15) is 0 Å². The summed E-state index contributed by atoms with van der Waals surface area (Å²) in [6, 6.07) is 17.5. The molecule has 0 saturated carbocycles. The molecule has 1 aliphatic heterocycles. The van der Waals surface area contributed by atoms with E-state index in [2.05, 4.69) is 70.7 Å². The van der Waals surface area contributed by atoms with Gasteiger partial charge in [-0.3, -0.25) is 0 Å². The molecule has 0 amide bonds. The van der Waals surface area contributed by atoms with Crippen molar-refractivity contribution < 1.29 is 23.1 Å². The third-order valence-electron chi connectivity index (χ3n) is 5.22. The van der Waals surface area contributed by atoms with Crippen LogP contribution in [-0.2, 0) is 24.3 Å². The smallest absolute Gasteiger partial charge is 0.475 e. The van der Waals surface area contributed by atoms with Gasteiger partial charge < -0.3 is 20.3 Å². The minimum atomic E-state index is -5.08. The molecule has 0 saturated heterocycles. The van der Waals surface area contributed by atoms with E-state index < -0.39 is 12.1 Å². The largest absolute Gasteiger partial charge is 0.490 e. The molecule has 8 heteroatoms. The Labute approximate surface area is 178 Å². The lowest BCUT2D eigenvalue weighted by atomic mass is 10.1. The molecular formula is C23H26F3N3O2. The molecule has 0 radical (unpaired) electrons. The van der Waals surface area contributed by atoms with Crippen molar-refractivity contribution in [3.05, 3.63) is 65.4 Å². The van der Waals surface area contributed by atoms with Gasteiger partial charge in [-0.05, 0) is 50.1 Å². The summed E-state index contributed by atoms with van der Waals surface area (Å²) in [6.45, 7) is 6.28. The van der Waals surface area contributed by atoms with Gasteiger partial charge in [0, 0.05) is 41.9 Å². The lowest BCUT2D eigenvalue weighted by Crippen LogP contribution is -2.25. The van der Waals surface area contributed by atoms with Crippen LogP contribution in [0.25, 0.3) is 10.9 Å². The zero-order chi connectivity index (χ0) is 22.4. The highest BCUT2D eigenvalue weighted by Gasteiger charge is 2.38. The van der Waals surface area contributed by atoms with Gasteiger partial charge in [-0.1, -0.05) is 35.9 Å². The number of hydrogen-bond acceptors (Lipinski definition) is 3. The van der Waals surface area contributed by atoms with Crippen LogP contribution in [0.5, 0.6) is 0 Å². The second-order valence-electron chi connectivity index (χ2n) is 7.47. The number of aryl methyl sites for hydroxylation is 2. The van der Waals surface area contributed by atoms with E-state index in [1.807, 2.05) is 0 Å². The number of benzene rings is 2. The molecule has 0 aliphatic carbocycles. The van der Waals surface area contributed by atoms with Crippen LogP contribution < -0.4 is 10.6 Å². The summed E-state index contributed by atoms with van der Waals surface area (Å²) in [5.41, 5.74) is 6.94. The normalized spacial score (nSPS) is 13.3. The number of halogens is 3. The number of carbonyl (C=O) groups is 1. The first kappa shape index (κ1) is 22.7. The van der Waals surface area contributed by atoms with Gasteiger partial charge in [-0.25, -0.2) is 4.79 Å². The summed E-state index contributed by atoms with van der Waals surface area (Å²) in [4.78, 5) is 8.90. The molecule has 4 rings (SSSR count). The van der Waals surface area contributed by atoms with E-state index in [0.29, 0.717) is 0 Å². The molecule has 1 aromatic heterocycles. The van der Waals surface area contributed by atoms with Crippen LogP contribution >= 0.6 is 0 Å². The highest BCUT2D eigenvalue weighted by Crippen LogP contribution is 2.28. The Morgan fingerprint density at radius 2 is 1.84 bits per heavy atom. The molecule has 0 spiro atoms. The topological polar surface area (TPSA) is 66.3 Å². The van der Waals surface area contributed by atoms with Crippen molar-refractivity contribution >= 4 is 22.6 Å². The number of para-hydroxylation sites is 1. The number of aromatic nitrogens is 1. The SMILES string of the molecule is Cc1ccc(NCCCn2c3c(c4ccccc42)CCNC3)cc1.O=C(O)C(F)(F)F. The van der Waals surface area contributed by atoms with E-state index in [1.165, 1.54) is 27.8 Å². The van der Waals surface area contributed by atoms with Gasteiger partial charge in [-0.2, -0.15) is 13.2 Å². The zero-order valence-electron chi connectivity index (χ0n) is 17.3. The highest BCUT2D eigenvalue weighted by atomic mass is 19.4. The van der Waals surface area contributed by atoms with Gasteiger partial charge in [0.25, 0.3) is 0 Å². The molecule has 0 fully saturated rings. The van der Waals surface area contributed by atoms with E-state index >= 15 is 0 Å². The summed E-state index contributed by atoms with van der Waals surface area (Å²) in [7, 11) is 0. The first-order valence-electron chi connectivity index (χ1n) is 10.2. The predicted octanol–water partition coefficient (Wildman–Crippen LogP) is 4.73. The number of carboxylic acid groups (broad SMARTS) is 1. The van der Waals surface area contributed by atoms with Crippen molar-refractivity contribution in [2.45, 2.75) is 39.0 Å². The van der Waals surface area contributed by atoms with Crippen molar-refractivity contribution in [1.82, 2.24) is 9.88 Å². The van der Waals surface area contributed by atoms with Crippen LogP contribution in [0.15, 0.2) is 48.5 Å². The average molecular weight is 433 g/mol. The fourth-order valence-corrected chi connectivity index (χ4v) is 3.73. The van der Waals surface area contributed by atoms with Crippen LogP contribution in [0.2, 0.25) is 0 Å². The summed E-state index contributed by atoms with van der Waals surface area (Å²) in [6.07, 6.45) is -2.82. The van der Waals surface area contributed by atoms with Crippen molar-refractivity contribution in [3.8, 4) is 0 Å². The van der Waals surface area contributed by atoms with E-state index in [9.17, 15) is 13.2 Å². The van der Waals surface area contributed by atoms with E-state index in [4.69, 9.17) is 9.90 Å². The Bertz CT molecular complexity index is 1030. The summed E-state index contributed by atoms with van der Waals surface area (Å²) < 4.78 is 34.3. The number of anilines is 1. The van der Waals surface area contributed by atoms with Crippen molar-refractivity contribution in [2.75, 3.05) is 18.4 Å². The molecule has 1 aliphatic rings. The minimum Gasteiger partial charge on any atom is -0.475 e. The molecule has 166 valence electrons. The van der Waals surface area contributed by atoms with Crippen molar-refractivity contribution in [1.29, 1.82) is 0 Å². The summed E-state index contributed by atoms with van der Waals surface area (Å²) in [5, 5.41) is 15.6. The second kappa shape index (κ2) is 9.87. The summed E-state index contributed by atoms with van der Waals surface area (Å²) in [5.74, 6) is -2.76.